The van der Waals surface area contributed by atoms with Crippen molar-refractivity contribution in [2.75, 3.05) is 5.32 Å². The zero-order valence-electron chi connectivity index (χ0n) is 12.1. The summed E-state index contributed by atoms with van der Waals surface area (Å²) >= 11 is 0. The zero-order chi connectivity index (χ0) is 17.5. The third-order valence-electron chi connectivity index (χ3n) is 2.75. The molecule has 9 heteroatoms. The van der Waals surface area contributed by atoms with Crippen LogP contribution < -0.4 is 10.7 Å². The molecular weight excluding hydrogens is 319 g/mol. The average molecular weight is 330 g/mol. The number of rotatable bonds is 4. The Kier molecular flexibility index (Phi) is 5.29. The lowest BCUT2D eigenvalue weighted by Gasteiger charge is -2.03. The maximum Gasteiger partial charge on any atom is 0.329 e. The van der Waals surface area contributed by atoms with E-state index in [4.69, 9.17) is 0 Å². The van der Waals surface area contributed by atoms with E-state index in [2.05, 4.69) is 10.4 Å². The first kappa shape index (κ1) is 16.7. The van der Waals surface area contributed by atoms with Crippen molar-refractivity contribution in [3.8, 4) is 0 Å². The highest BCUT2D eigenvalue weighted by molar-refractivity contribution is 6.39. The van der Waals surface area contributed by atoms with Crippen molar-refractivity contribution < 1.29 is 18.9 Å². The molecule has 24 heavy (non-hydrogen) atoms. The lowest BCUT2D eigenvalue weighted by molar-refractivity contribution is -0.384. The molecule has 2 N–H and O–H groups in total. The van der Waals surface area contributed by atoms with Gasteiger partial charge >= 0.3 is 11.8 Å². The molecule has 2 aromatic carbocycles. The largest absolute Gasteiger partial charge is 0.329 e. The van der Waals surface area contributed by atoms with Crippen molar-refractivity contribution in [3.05, 3.63) is 70.0 Å². The van der Waals surface area contributed by atoms with Crippen molar-refractivity contribution in [1.29, 1.82) is 0 Å². The van der Waals surface area contributed by atoms with Crippen LogP contribution in [0.2, 0.25) is 0 Å². The Balaban J connectivity index is 1.93. The molecule has 0 bridgehead atoms. The van der Waals surface area contributed by atoms with Gasteiger partial charge in [-0.25, -0.2) is 9.82 Å². The average Bonchev–Trinajstić information content (AvgIpc) is 2.55. The van der Waals surface area contributed by atoms with Crippen LogP contribution in [0.1, 0.15) is 5.56 Å². The van der Waals surface area contributed by atoms with Crippen LogP contribution in [0.25, 0.3) is 0 Å². The molecule has 2 rings (SSSR count). The van der Waals surface area contributed by atoms with Crippen molar-refractivity contribution in [3.63, 3.8) is 0 Å². The first-order chi connectivity index (χ1) is 11.5. The summed E-state index contributed by atoms with van der Waals surface area (Å²) in [5.41, 5.74) is 2.33. The molecule has 0 unspecified atom stereocenters. The maximum absolute atomic E-state index is 13.0. The zero-order valence-corrected chi connectivity index (χ0v) is 12.1. The number of nitro groups is 1. The molecule has 0 heterocycles. The van der Waals surface area contributed by atoms with Crippen molar-refractivity contribution in [1.82, 2.24) is 5.43 Å². The monoisotopic (exact) mass is 330 g/mol. The van der Waals surface area contributed by atoms with Crippen LogP contribution in [-0.4, -0.2) is 23.0 Å². The van der Waals surface area contributed by atoms with E-state index >= 15 is 0 Å². The SMILES string of the molecule is O=C(N/N=C/c1cccc([N+](=O)[O-])c1)C(=O)Nc1cccc(F)c1. The summed E-state index contributed by atoms with van der Waals surface area (Å²) in [5, 5.41) is 16.4. The van der Waals surface area contributed by atoms with E-state index in [9.17, 15) is 24.1 Å². The van der Waals surface area contributed by atoms with E-state index in [0.29, 0.717) is 5.56 Å². The smallest absolute Gasteiger partial charge is 0.318 e. The van der Waals surface area contributed by atoms with Crippen LogP contribution >= 0.6 is 0 Å². The van der Waals surface area contributed by atoms with Gasteiger partial charge in [0.2, 0.25) is 0 Å². The lowest BCUT2D eigenvalue weighted by Crippen LogP contribution is -2.32. The second-order valence-corrected chi connectivity index (χ2v) is 4.52. The Morgan fingerprint density at radius 2 is 1.88 bits per heavy atom. The summed E-state index contributed by atoms with van der Waals surface area (Å²) in [5.74, 6) is -2.66. The number of carbonyl (C=O) groups excluding carboxylic acids is 2. The molecule has 0 spiro atoms. The van der Waals surface area contributed by atoms with Gasteiger partial charge in [-0.2, -0.15) is 5.10 Å². The molecule has 8 nitrogen and oxygen atoms in total. The molecule has 0 saturated heterocycles. The molecule has 2 aromatic rings. The number of benzene rings is 2. The van der Waals surface area contributed by atoms with Crippen LogP contribution in [-0.2, 0) is 9.59 Å². The number of carbonyl (C=O) groups is 2. The number of nitrogens with one attached hydrogen (secondary N) is 2. The summed E-state index contributed by atoms with van der Waals surface area (Å²) < 4.78 is 13.0. The van der Waals surface area contributed by atoms with Crippen LogP contribution in [0.3, 0.4) is 0 Å². The lowest BCUT2D eigenvalue weighted by atomic mass is 10.2. The number of hydrazone groups is 1. The van der Waals surface area contributed by atoms with E-state index in [1.54, 1.807) is 0 Å². The highest BCUT2D eigenvalue weighted by Gasteiger charge is 2.13. The minimum absolute atomic E-state index is 0.123. The predicted octanol–water partition coefficient (Wildman–Crippen LogP) is 1.82. The summed E-state index contributed by atoms with van der Waals surface area (Å²) in [6.45, 7) is 0. The number of hydrogen-bond donors (Lipinski definition) is 2. The molecule has 0 radical (unpaired) electrons. The van der Waals surface area contributed by atoms with Gasteiger partial charge in [-0.05, 0) is 18.2 Å². The highest BCUT2D eigenvalue weighted by Crippen LogP contribution is 2.11. The maximum atomic E-state index is 13.0. The van der Waals surface area contributed by atoms with Gasteiger partial charge in [0.05, 0.1) is 11.1 Å². The van der Waals surface area contributed by atoms with Crippen LogP contribution in [0.15, 0.2) is 53.6 Å². The number of amides is 2. The van der Waals surface area contributed by atoms with Crippen molar-refractivity contribution in [2.24, 2.45) is 5.10 Å². The third kappa shape index (κ3) is 4.70. The molecule has 0 aromatic heterocycles. The molecule has 0 saturated carbocycles. The Hall–Kier alpha value is -3.62. The Morgan fingerprint density at radius 1 is 1.12 bits per heavy atom. The minimum atomic E-state index is -1.07. The number of hydrogen-bond acceptors (Lipinski definition) is 5. The van der Waals surface area contributed by atoms with Crippen LogP contribution in [0.4, 0.5) is 15.8 Å². The van der Waals surface area contributed by atoms with Crippen LogP contribution in [0, 0.1) is 15.9 Å². The van der Waals surface area contributed by atoms with Gasteiger partial charge < -0.3 is 5.32 Å². The fourth-order valence-corrected chi connectivity index (χ4v) is 1.69. The standard InChI is InChI=1S/C15H11FN4O4/c16-11-4-2-5-12(8-11)18-14(21)15(22)19-17-9-10-3-1-6-13(7-10)20(23)24/h1-9H,(H,18,21)(H,19,22)/b17-9+. The molecule has 0 aliphatic heterocycles. The summed E-state index contributed by atoms with van der Waals surface area (Å²) in [6, 6.07) is 10.6. The number of nitrogens with zero attached hydrogens (tertiary/aromatic N) is 2. The topological polar surface area (TPSA) is 114 Å². The summed E-state index contributed by atoms with van der Waals surface area (Å²) in [7, 11) is 0. The van der Waals surface area contributed by atoms with Gasteiger partial charge in [-0.15, -0.1) is 0 Å². The molecule has 0 fully saturated rings. The minimum Gasteiger partial charge on any atom is -0.318 e. The van der Waals surface area contributed by atoms with Gasteiger partial charge in [0.25, 0.3) is 5.69 Å². The van der Waals surface area contributed by atoms with Gasteiger partial charge in [0.15, 0.2) is 0 Å². The molecule has 0 aliphatic rings. The number of non-ortho nitro benzene ring substituents is 1. The second-order valence-electron chi connectivity index (χ2n) is 4.52. The summed E-state index contributed by atoms with van der Waals surface area (Å²) in [6.07, 6.45) is 1.15. The van der Waals surface area contributed by atoms with E-state index < -0.39 is 22.6 Å². The van der Waals surface area contributed by atoms with E-state index in [-0.39, 0.29) is 11.4 Å². The van der Waals surface area contributed by atoms with Gasteiger partial charge in [-0.3, -0.25) is 19.7 Å². The second kappa shape index (κ2) is 7.58. The fourth-order valence-electron chi connectivity index (χ4n) is 1.69. The van der Waals surface area contributed by atoms with E-state index in [1.807, 2.05) is 5.43 Å². The van der Waals surface area contributed by atoms with E-state index in [0.717, 1.165) is 12.3 Å². The Labute approximate surface area is 135 Å². The Morgan fingerprint density at radius 3 is 2.58 bits per heavy atom. The number of nitro benzene ring substituents is 1. The molecule has 0 aliphatic carbocycles. The first-order valence-corrected chi connectivity index (χ1v) is 6.60. The molecule has 122 valence electrons. The quantitative estimate of drug-likeness (QED) is 0.385. The number of anilines is 1. The molecular formula is C15H11FN4O4. The van der Waals surface area contributed by atoms with E-state index in [1.165, 1.54) is 42.5 Å². The fraction of sp³-hybridized carbons (Fsp3) is 0. The Bertz CT molecular complexity index is 823. The van der Waals surface area contributed by atoms with Crippen molar-refractivity contribution >= 4 is 29.4 Å². The van der Waals surface area contributed by atoms with Crippen molar-refractivity contribution in [2.45, 2.75) is 0 Å². The van der Waals surface area contributed by atoms with Gasteiger partial charge in [-0.1, -0.05) is 18.2 Å². The normalized spacial score (nSPS) is 10.4. The van der Waals surface area contributed by atoms with Crippen LogP contribution in [0.5, 0.6) is 0 Å². The van der Waals surface area contributed by atoms with Gasteiger partial charge in [0.1, 0.15) is 5.82 Å². The number of halogens is 1. The highest BCUT2D eigenvalue weighted by atomic mass is 19.1. The summed E-state index contributed by atoms with van der Waals surface area (Å²) in [4.78, 5) is 33.2. The molecule has 0 atom stereocenters. The molecule has 2 amide bonds. The van der Waals surface area contributed by atoms with Gasteiger partial charge in [0, 0.05) is 23.4 Å². The third-order valence-corrected chi connectivity index (χ3v) is 2.75. The first-order valence-electron chi connectivity index (χ1n) is 6.60. The predicted molar refractivity (Wildman–Crippen MR) is 83.9 cm³/mol.